The molecule has 21 heavy (non-hydrogen) atoms. The average molecular weight is 296 g/mol. The Labute approximate surface area is 129 Å². The van der Waals surface area contributed by atoms with Gasteiger partial charge >= 0.3 is 5.97 Å². The Bertz CT molecular complexity index is 356. The summed E-state index contributed by atoms with van der Waals surface area (Å²) in [6.45, 7) is 6.55. The normalized spacial score (nSPS) is 26.5. The third kappa shape index (κ3) is 3.59. The highest BCUT2D eigenvalue weighted by Crippen LogP contribution is 2.46. The summed E-state index contributed by atoms with van der Waals surface area (Å²) in [6.07, 6.45) is 9.20. The fraction of sp³-hybridized carbons (Fsp3) is 0.941. The van der Waals surface area contributed by atoms with Crippen LogP contribution in [0.5, 0.6) is 0 Å². The van der Waals surface area contributed by atoms with Gasteiger partial charge in [0.15, 0.2) is 0 Å². The highest BCUT2D eigenvalue weighted by atomic mass is 16.5. The van der Waals surface area contributed by atoms with E-state index in [4.69, 9.17) is 4.74 Å². The van der Waals surface area contributed by atoms with Crippen LogP contribution in [0, 0.1) is 5.41 Å². The Hall–Kier alpha value is -0.610. The molecule has 2 aliphatic rings. The van der Waals surface area contributed by atoms with E-state index >= 15 is 0 Å². The number of ether oxygens (including phenoxy) is 1. The van der Waals surface area contributed by atoms with Gasteiger partial charge in [-0.15, -0.1) is 0 Å². The van der Waals surface area contributed by atoms with E-state index in [1.807, 2.05) is 14.0 Å². The van der Waals surface area contributed by atoms with Gasteiger partial charge in [0.05, 0.1) is 7.11 Å². The average Bonchev–Trinajstić information content (AvgIpc) is 2.95. The summed E-state index contributed by atoms with van der Waals surface area (Å²) < 4.78 is 4.95. The number of nitrogens with zero attached hydrogens (tertiary/aromatic N) is 1. The Morgan fingerprint density at radius 1 is 1.29 bits per heavy atom. The van der Waals surface area contributed by atoms with Crippen LogP contribution < -0.4 is 5.32 Å². The van der Waals surface area contributed by atoms with Gasteiger partial charge in [-0.25, -0.2) is 0 Å². The van der Waals surface area contributed by atoms with Crippen molar-refractivity contribution in [1.29, 1.82) is 0 Å². The van der Waals surface area contributed by atoms with Crippen molar-refractivity contribution in [3.63, 3.8) is 0 Å². The van der Waals surface area contributed by atoms with Crippen molar-refractivity contribution in [2.45, 2.75) is 70.4 Å². The molecule has 2 atom stereocenters. The molecule has 2 unspecified atom stereocenters. The van der Waals surface area contributed by atoms with E-state index in [1.165, 1.54) is 58.7 Å². The van der Waals surface area contributed by atoms with E-state index in [0.717, 1.165) is 6.42 Å². The molecule has 4 heteroatoms. The standard InChI is InChI=1S/C17H32N2O2/c1-14(13-16(2,18-3)15(20)21-4)19-11-9-17(10-12-19)7-5-6-8-17/h14,18H,5-13H2,1-4H3. The molecule has 122 valence electrons. The molecule has 0 aromatic rings. The SMILES string of the molecule is CNC(C)(CC(C)N1CCC2(CCCC2)CC1)C(=O)OC. The lowest BCUT2D eigenvalue weighted by Gasteiger charge is -2.43. The first-order chi connectivity index (χ1) is 9.95. The molecular weight excluding hydrogens is 264 g/mol. The first-order valence-electron chi connectivity index (χ1n) is 8.46. The second-order valence-electron chi connectivity index (χ2n) is 7.37. The Morgan fingerprint density at radius 3 is 2.33 bits per heavy atom. The number of likely N-dealkylation sites (N-methyl/N-ethyl adjacent to an activating group) is 1. The summed E-state index contributed by atoms with van der Waals surface area (Å²) in [6, 6.07) is 0.403. The zero-order valence-corrected chi connectivity index (χ0v) is 14.2. The van der Waals surface area contributed by atoms with Crippen molar-refractivity contribution in [2.24, 2.45) is 5.41 Å². The molecule has 0 radical (unpaired) electrons. The largest absolute Gasteiger partial charge is 0.468 e. The maximum absolute atomic E-state index is 12.0. The van der Waals surface area contributed by atoms with Gasteiger partial charge in [-0.05, 0) is 71.5 Å². The molecule has 0 amide bonds. The minimum Gasteiger partial charge on any atom is -0.468 e. The lowest BCUT2D eigenvalue weighted by molar-refractivity contribution is -0.148. The maximum atomic E-state index is 12.0. The number of rotatable bonds is 5. The van der Waals surface area contributed by atoms with E-state index in [-0.39, 0.29) is 5.97 Å². The molecule has 4 nitrogen and oxygen atoms in total. The zero-order valence-electron chi connectivity index (χ0n) is 14.2. The van der Waals surface area contributed by atoms with E-state index in [2.05, 4.69) is 17.1 Å². The number of piperidine rings is 1. The molecule has 1 saturated heterocycles. The molecule has 0 bridgehead atoms. The number of carbonyl (C=O) groups excluding carboxylic acids is 1. The van der Waals surface area contributed by atoms with E-state index < -0.39 is 5.54 Å². The van der Waals surface area contributed by atoms with Gasteiger partial charge in [-0.3, -0.25) is 4.79 Å². The summed E-state index contributed by atoms with van der Waals surface area (Å²) in [4.78, 5) is 14.5. The zero-order chi connectivity index (χ0) is 15.5. The van der Waals surface area contributed by atoms with Crippen LogP contribution in [0.2, 0.25) is 0 Å². The third-order valence-electron chi connectivity index (χ3n) is 6.04. The summed E-state index contributed by atoms with van der Waals surface area (Å²) in [5.74, 6) is -0.166. The molecule has 1 spiro atoms. The van der Waals surface area contributed by atoms with Crippen LogP contribution in [0.3, 0.4) is 0 Å². The first kappa shape index (κ1) is 16.8. The van der Waals surface area contributed by atoms with Crippen molar-refractivity contribution >= 4 is 5.97 Å². The van der Waals surface area contributed by atoms with Crippen molar-refractivity contribution in [3.05, 3.63) is 0 Å². The lowest BCUT2D eigenvalue weighted by Crippen LogP contribution is -2.54. The summed E-state index contributed by atoms with van der Waals surface area (Å²) in [7, 11) is 3.31. The predicted molar refractivity (Wildman–Crippen MR) is 85.3 cm³/mol. The predicted octanol–water partition coefficient (Wildman–Crippen LogP) is 2.57. The highest BCUT2D eigenvalue weighted by Gasteiger charge is 2.40. The monoisotopic (exact) mass is 296 g/mol. The van der Waals surface area contributed by atoms with Crippen LogP contribution >= 0.6 is 0 Å². The number of esters is 1. The Morgan fingerprint density at radius 2 is 1.86 bits per heavy atom. The molecule has 0 aromatic carbocycles. The second kappa shape index (κ2) is 6.66. The van der Waals surface area contributed by atoms with E-state index in [0.29, 0.717) is 11.5 Å². The molecule has 1 aliphatic heterocycles. The second-order valence-corrected chi connectivity index (χ2v) is 7.37. The smallest absolute Gasteiger partial charge is 0.325 e. The Kier molecular flexibility index (Phi) is 5.31. The lowest BCUT2D eigenvalue weighted by atomic mass is 9.76. The molecule has 1 aliphatic carbocycles. The van der Waals surface area contributed by atoms with Crippen LogP contribution in [-0.4, -0.2) is 49.7 Å². The van der Waals surface area contributed by atoms with Crippen LogP contribution in [-0.2, 0) is 9.53 Å². The molecular formula is C17H32N2O2. The molecule has 2 rings (SSSR count). The molecule has 2 fully saturated rings. The number of methoxy groups -OCH3 is 1. The molecule has 1 heterocycles. The van der Waals surface area contributed by atoms with Gasteiger partial charge in [0, 0.05) is 6.04 Å². The number of hydrogen-bond donors (Lipinski definition) is 1. The van der Waals surface area contributed by atoms with Gasteiger partial charge in [-0.1, -0.05) is 12.8 Å². The van der Waals surface area contributed by atoms with Crippen LogP contribution in [0.4, 0.5) is 0 Å². The fourth-order valence-corrected chi connectivity index (χ4v) is 4.30. The number of nitrogens with one attached hydrogen (secondary N) is 1. The third-order valence-corrected chi connectivity index (χ3v) is 6.04. The van der Waals surface area contributed by atoms with E-state index in [1.54, 1.807) is 0 Å². The topological polar surface area (TPSA) is 41.6 Å². The van der Waals surface area contributed by atoms with Crippen LogP contribution in [0.1, 0.15) is 58.8 Å². The van der Waals surface area contributed by atoms with Gasteiger partial charge < -0.3 is 15.0 Å². The minimum atomic E-state index is -0.587. The van der Waals surface area contributed by atoms with Crippen molar-refractivity contribution in [1.82, 2.24) is 10.2 Å². The van der Waals surface area contributed by atoms with Crippen LogP contribution in [0.25, 0.3) is 0 Å². The summed E-state index contributed by atoms with van der Waals surface area (Å²) in [5.41, 5.74) is 0.0710. The maximum Gasteiger partial charge on any atom is 0.325 e. The van der Waals surface area contributed by atoms with Gasteiger partial charge in [-0.2, -0.15) is 0 Å². The van der Waals surface area contributed by atoms with Gasteiger partial charge in [0.1, 0.15) is 5.54 Å². The van der Waals surface area contributed by atoms with Crippen molar-refractivity contribution in [2.75, 3.05) is 27.2 Å². The van der Waals surface area contributed by atoms with Crippen molar-refractivity contribution in [3.8, 4) is 0 Å². The van der Waals surface area contributed by atoms with Crippen LogP contribution in [0.15, 0.2) is 0 Å². The number of hydrogen-bond acceptors (Lipinski definition) is 4. The minimum absolute atomic E-state index is 0.166. The van der Waals surface area contributed by atoms with Gasteiger partial charge in [0.25, 0.3) is 0 Å². The van der Waals surface area contributed by atoms with Gasteiger partial charge in [0.2, 0.25) is 0 Å². The molecule has 0 aromatic heterocycles. The van der Waals surface area contributed by atoms with Crippen molar-refractivity contribution < 1.29 is 9.53 Å². The first-order valence-corrected chi connectivity index (χ1v) is 8.46. The molecule has 1 N–H and O–H groups in total. The van der Waals surface area contributed by atoms with E-state index in [9.17, 15) is 4.79 Å². The number of carbonyl (C=O) groups is 1. The highest BCUT2D eigenvalue weighted by molar-refractivity contribution is 5.80. The molecule has 1 saturated carbocycles. The number of likely N-dealkylation sites (tertiary alicyclic amines) is 1. The summed E-state index contributed by atoms with van der Waals surface area (Å²) in [5, 5.41) is 3.15. The summed E-state index contributed by atoms with van der Waals surface area (Å²) >= 11 is 0. The Balaban J connectivity index is 1.89. The quantitative estimate of drug-likeness (QED) is 0.792. The fourth-order valence-electron chi connectivity index (χ4n) is 4.30.